The summed E-state index contributed by atoms with van der Waals surface area (Å²) in [7, 11) is -3.80. The van der Waals surface area contributed by atoms with E-state index in [4.69, 9.17) is 16.7 Å². The lowest BCUT2D eigenvalue weighted by molar-refractivity contribution is 0.258. The van der Waals surface area contributed by atoms with Crippen molar-refractivity contribution >= 4 is 21.6 Å². The van der Waals surface area contributed by atoms with E-state index in [0.29, 0.717) is 6.42 Å². The summed E-state index contributed by atoms with van der Waals surface area (Å²) in [6.45, 7) is 3.54. The molecule has 7 heteroatoms. The Kier molecular flexibility index (Phi) is 5.73. The normalized spacial score (nSPS) is 12.4. The summed E-state index contributed by atoms with van der Waals surface area (Å²) in [4.78, 5) is -0.123. The molecule has 0 heterocycles. The topological polar surface area (TPSA) is 57.6 Å². The fourth-order valence-electron chi connectivity index (χ4n) is 1.69. The van der Waals surface area contributed by atoms with Gasteiger partial charge in [-0.1, -0.05) is 11.6 Å². The highest BCUT2D eigenvalue weighted by molar-refractivity contribution is 7.89. The van der Waals surface area contributed by atoms with Crippen LogP contribution < -0.4 is 0 Å². The maximum absolute atomic E-state index is 13.0. The van der Waals surface area contributed by atoms with Gasteiger partial charge in [0.15, 0.2) is 0 Å². The van der Waals surface area contributed by atoms with Gasteiger partial charge in [-0.3, -0.25) is 0 Å². The number of rotatable bonds is 6. The predicted octanol–water partition coefficient (Wildman–Crippen LogP) is 2.26. The van der Waals surface area contributed by atoms with E-state index < -0.39 is 15.8 Å². The van der Waals surface area contributed by atoms with E-state index >= 15 is 0 Å². The lowest BCUT2D eigenvalue weighted by Crippen LogP contribution is -2.38. The smallest absolute Gasteiger partial charge is 0.244 e. The minimum Gasteiger partial charge on any atom is -0.396 e. The molecule has 0 bridgehead atoms. The van der Waals surface area contributed by atoms with Crippen molar-refractivity contribution in [2.75, 3.05) is 13.2 Å². The molecule has 0 aliphatic heterocycles. The molecule has 0 atom stereocenters. The van der Waals surface area contributed by atoms with E-state index in [1.54, 1.807) is 13.8 Å². The number of nitrogens with zero attached hydrogens (tertiary/aromatic N) is 1. The number of hydrogen-bond acceptors (Lipinski definition) is 3. The fourth-order valence-corrected chi connectivity index (χ4v) is 3.88. The van der Waals surface area contributed by atoms with E-state index in [-0.39, 0.29) is 29.1 Å². The van der Waals surface area contributed by atoms with E-state index in [1.807, 2.05) is 0 Å². The summed E-state index contributed by atoms with van der Waals surface area (Å²) >= 11 is 5.80. The number of aliphatic hydroxyl groups excluding tert-OH is 1. The van der Waals surface area contributed by atoms with Crippen LogP contribution in [0.5, 0.6) is 0 Å². The molecule has 19 heavy (non-hydrogen) atoms. The van der Waals surface area contributed by atoms with Gasteiger partial charge in [0.05, 0.1) is 5.02 Å². The number of sulfonamides is 1. The zero-order valence-corrected chi connectivity index (χ0v) is 12.4. The molecule has 0 aliphatic carbocycles. The van der Waals surface area contributed by atoms with Gasteiger partial charge in [0.1, 0.15) is 10.7 Å². The van der Waals surface area contributed by atoms with Gasteiger partial charge in [0.2, 0.25) is 10.0 Å². The zero-order chi connectivity index (χ0) is 14.6. The zero-order valence-electron chi connectivity index (χ0n) is 10.8. The monoisotopic (exact) mass is 309 g/mol. The van der Waals surface area contributed by atoms with E-state index in [0.717, 1.165) is 18.2 Å². The highest BCUT2D eigenvalue weighted by atomic mass is 35.5. The van der Waals surface area contributed by atoms with Crippen LogP contribution in [-0.4, -0.2) is 37.0 Å². The van der Waals surface area contributed by atoms with Crippen LogP contribution in [0.15, 0.2) is 23.1 Å². The first-order chi connectivity index (χ1) is 8.80. The molecular weight excluding hydrogens is 293 g/mol. The molecule has 0 aromatic heterocycles. The molecule has 0 saturated carbocycles. The minimum absolute atomic E-state index is 0.101. The van der Waals surface area contributed by atoms with Gasteiger partial charge in [-0.05, 0) is 38.5 Å². The lowest BCUT2D eigenvalue weighted by Gasteiger charge is -2.26. The summed E-state index contributed by atoms with van der Waals surface area (Å²) in [6, 6.07) is 2.90. The van der Waals surface area contributed by atoms with Crippen LogP contribution >= 0.6 is 11.6 Å². The van der Waals surface area contributed by atoms with Gasteiger partial charge in [0.25, 0.3) is 0 Å². The molecule has 0 fully saturated rings. The van der Waals surface area contributed by atoms with E-state index in [9.17, 15) is 12.8 Å². The van der Waals surface area contributed by atoms with Crippen molar-refractivity contribution in [3.05, 3.63) is 29.0 Å². The standard InChI is InChI=1S/C12H17ClFNO3S/c1-9(2)15(6-3-7-16)19(17,18)12-5-4-10(14)8-11(12)13/h4-5,8-9,16H,3,6-7H2,1-2H3. The summed E-state index contributed by atoms with van der Waals surface area (Å²) in [5.41, 5.74) is 0. The van der Waals surface area contributed by atoms with Gasteiger partial charge >= 0.3 is 0 Å². The second-order valence-corrected chi connectivity index (χ2v) is 6.63. The number of benzene rings is 1. The molecule has 0 amide bonds. The molecule has 0 aliphatic rings. The molecule has 108 valence electrons. The summed E-state index contributed by atoms with van der Waals surface area (Å²) in [6.07, 6.45) is 0.330. The van der Waals surface area contributed by atoms with Crippen LogP contribution in [0, 0.1) is 5.82 Å². The fraction of sp³-hybridized carbons (Fsp3) is 0.500. The minimum atomic E-state index is -3.80. The van der Waals surface area contributed by atoms with Crippen LogP contribution in [0.4, 0.5) is 4.39 Å². The van der Waals surface area contributed by atoms with Crippen LogP contribution in [-0.2, 0) is 10.0 Å². The third kappa shape index (κ3) is 3.89. The van der Waals surface area contributed by atoms with Gasteiger partial charge in [-0.25, -0.2) is 12.8 Å². The lowest BCUT2D eigenvalue weighted by atomic mass is 10.3. The van der Waals surface area contributed by atoms with Crippen molar-refractivity contribution in [3.8, 4) is 0 Å². The van der Waals surface area contributed by atoms with Crippen molar-refractivity contribution in [3.63, 3.8) is 0 Å². The molecule has 0 saturated heterocycles. The van der Waals surface area contributed by atoms with E-state index in [2.05, 4.69) is 0 Å². The summed E-state index contributed by atoms with van der Waals surface area (Å²) in [5.74, 6) is -0.588. The first-order valence-corrected chi connectivity index (χ1v) is 7.70. The Morgan fingerprint density at radius 2 is 2.05 bits per heavy atom. The average molecular weight is 310 g/mol. The Labute approximate surface area is 117 Å². The van der Waals surface area contributed by atoms with Gasteiger partial charge in [-0.2, -0.15) is 4.31 Å². The molecular formula is C12H17ClFNO3S. The quantitative estimate of drug-likeness (QED) is 0.877. The molecule has 4 nitrogen and oxygen atoms in total. The van der Waals surface area contributed by atoms with Crippen molar-refractivity contribution < 1.29 is 17.9 Å². The van der Waals surface area contributed by atoms with Crippen LogP contribution in [0.3, 0.4) is 0 Å². The van der Waals surface area contributed by atoms with Gasteiger partial charge in [-0.15, -0.1) is 0 Å². The molecule has 1 aromatic rings. The average Bonchev–Trinajstić information content (AvgIpc) is 2.27. The van der Waals surface area contributed by atoms with E-state index in [1.165, 1.54) is 4.31 Å². The molecule has 1 N–H and O–H groups in total. The first-order valence-electron chi connectivity index (χ1n) is 5.88. The Morgan fingerprint density at radius 3 is 2.53 bits per heavy atom. The second-order valence-electron chi connectivity index (χ2n) is 4.36. The highest BCUT2D eigenvalue weighted by Gasteiger charge is 2.28. The maximum Gasteiger partial charge on any atom is 0.244 e. The predicted molar refractivity (Wildman–Crippen MR) is 72.1 cm³/mol. The second kappa shape index (κ2) is 6.65. The van der Waals surface area contributed by atoms with Crippen molar-refractivity contribution in [1.29, 1.82) is 0 Å². The van der Waals surface area contributed by atoms with Crippen LogP contribution in [0.25, 0.3) is 0 Å². The molecule has 0 radical (unpaired) electrons. The maximum atomic E-state index is 13.0. The molecule has 0 spiro atoms. The van der Waals surface area contributed by atoms with Crippen molar-refractivity contribution in [1.82, 2.24) is 4.31 Å². The first kappa shape index (κ1) is 16.4. The number of aliphatic hydroxyl groups is 1. The third-order valence-electron chi connectivity index (χ3n) is 2.59. The van der Waals surface area contributed by atoms with Crippen LogP contribution in [0.1, 0.15) is 20.3 Å². The Bertz CT molecular complexity index is 534. The molecule has 0 unspecified atom stereocenters. The van der Waals surface area contributed by atoms with Crippen LogP contribution in [0.2, 0.25) is 5.02 Å². The molecule has 1 aromatic carbocycles. The molecule has 1 rings (SSSR count). The third-order valence-corrected chi connectivity index (χ3v) is 5.15. The Balaban J connectivity index is 3.19. The van der Waals surface area contributed by atoms with Gasteiger partial charge < -0.3 is 5.11 Å². The van der Waals surface area contributed by atoms with Crippen molar-refractivity contribution in [2.24, 2.45) is 0 Å². The Morgan fingerprint density at radius 1 is 1.42 bits per heavy atom. The SMILES string of the molecule is CC(C)N(CCCO)S(=O)(=O)c1ccc(F)cc1Cl. The van der Waals surface area contributed by atoms with Gasteiger partial charge in [0, 0.05) is 19.2 Å². The largest absolute Gasteiger partial charge is 0.396 e. The number of hydrogen-bond donors (Lipinski definition) is 1. The van der Waals surface area contributed by atoms with Crippen molar-refractivity contribution in [2.45, 2.75) is 31.2 Å². The number of halogens is 2. The highest BCUT2D eigenvalue weighted by Crippen LogP contribution is 2.26. The Hall–Kier alpha value is -0.690. The summed E-state index contributed by atoms with van der Waals surface area (Å²) in [5, 5.41) is 8.68. The summed E-state index contributed by atoms with van der Waals surface area (Å²) < 4.78 is 39.1.